The number of thioether (sulfide) groups is 1. The van der Waals surface area contributed by atoms with Gasteiger partial charge in [0.1, 0.15) is 17.6 Å². The predicted molar refractivity (Wildman–Crippen MR) is 231 cm³/mol. The van der Waals surface area contributed by atoms with Gasteiger partial charge in [0, 0.05) is 57.5 Å². The van der Waals surface area contributed by atoms with E-state index in [4.69, 9.17) is 9.47 Å². The van der Waals surface area contributed by atoms with Crippen molar-refractivity contribution in [1.29, 1.82) is 0 Å². The number of ether oxygens (including phenoxy) is 2. The Bertz CT molecular complexity index is 1810. The molecule has 63 heavy (non-hydrogen) atoms. The van der Waals surface area contributed by atoms with Crippen molar-refractivity contribution in [2.24, 2.45) is 35.5 Å². The molecule has 7 amide bonds. The highest BCUT2D eigenvalue weighted by Gasteiger charge is 2.56. The number of fused-ring (bicyclic) bond motifs is 1. The van der Waals surface area contributed by atoms with Gasteiger partial charge >= 0.3 is 0 Å². The maximum atomic E-state index is 13.7. The Labute approximate surface area is 375 Å². The van der Waals surface area contributed by atoms with Crippen LogP contribution in [0, 0.1) is 35.5 Å². The van der Waals surface area contributed by atoms with Crippen LogP contribution >= 0.6 is 11.8 Å². The summed E-state index contributed by atoms with van der Waals surface area (Å²) in [5.41, 5.74) is -0.261. The second-order valence-electron chi connectivity index (χ2n) is 18.9. The largest absolute Gasteiger partial charge is 0.378 e. The summed E-state index contributed by atoms with van der Waals surface area (Å²) in [4.78, 5) is 91.6. The number of rotatable bonds is 18. The molecule has 20 heteroatoms. The van der Waals surface area contributed by atoms with E-state index in [-0.39, 0.29) is 80.6 Å². The molecule has 0 bridgehead atoms. The Balaban J connectivity index is 0.796. The highest BCUT2D eigenvalue weighted by molar-refractivity contribution is 8.00. The zero-order valence-corrected chi connectivity index (χ0v) is 38.2. The van der Waals surface area contributed by atoms with Crippen molar-refractivity contribution in [3.05, 3.63) is 0 Å². The van der Waals surface area contributed by atoms with Gasteiger partial charge in [-0.05, 0) is 88.4 Å². The molecule has 18 nitrogen and oxygen atoms in total. The molecular formula is C43H67N7O11S2. The molecule has 4 heterocycles. The fraction of sp³-hybridized carbons (Fsp3) is 0.837. The first-order valence-corrected chi connectivity index (χ1v) is 26.2. The lowest BCUT2D eigenvalue weighted by Crippen LogP contribution is -2.55. The van der Waals surface area contributed by atoms with Crippen LogP contribution < -0.4 is 26.6 Å². The first kappa shape index (κ1) is 47.8. The van der Waals surface area contributed by atoms with Gasteiger partial charge in [0.25, 0.3) is 0 Å². The quantitative estimate of drug-likeness (QED) is 0.0959. The molecule has 0 radical (unpaired) electrons. The van der Waals surface area contributed by atoms with E-state index in [2.05, 4.69) is 26.6 Å². The third kappa shape index (κ3) is 12.4. The fourth-order valence-corrected chi connectivity index (χ4v) is 12.9. The molecule has 0 aromatic heterocycles. The maximum absolute atomic E-state index is 13.7. The number of likely N-dealkylation sites (tertiary alicyclic amines) is 1. The van der Waals surface area contributed by atoms with Crippen LogP contribution in [0.4, 0.5) is 0 Å². The molecule has 7 aliphatic rings. The second-order valence-corrected chi connectivity index (χ2v) is 22.0. The topological polar surface area (TPSA) is 239 Å². The zero-order valence-electron chi connectivity index (χ0n) is 36.5. The van der Waals surface area contributed by atoms with Gasteiger partial charge in [0.15, 0.2) is 0 Å². The summed E-state index contributed by atoms with van der Waals surface area (Å²) in [5, 5.41) is 14.8. The van der Waals surface area contributed by atoms with Gasteiger partial charge in [0.05, 0.1) is 36.7 Å². The number of hydrogen-bond acceptors (Lipinski definition) is 13. The number of hydrogen-bond donors (Lipinski definition) is 5. The standard InChI is InChI=1S/C43H67N7O11S2/c1-63(58,59)49-19-18-29(22-49)38(53)45-31(39(54)48-43-46-32(25-62-43)28-7-3-2-4-8-28)24-60-23-27-14-12-26(13-15-27)21-44-35(51)11-6-20-61-34-10-5-9-30-37(34)42(57)50(41(30)56)33-16-17-36(52)47-40(33)55/h26-34,37,43,46H,2-25H2,1H3,(H,44,51)(H,45,53)(H,48,54)(H,47,52,55)/t26?,27?,29?,30?,31-,32?,33?,34?,37?,43?/m0/s1. The predicted octanol–water partition coefficient (Wildman–Crippen LogP) is 1.13. The van der Waals surface area contributed by atoms with E-state index in [0.29, 0.717) is 63.1 Å². The number of amides is 7. The number of carbonyl (C=O) groups is 7. The van der Waals surface area contributed by atoms with Crippen molar-refractivity contribution >= 4 is 63.1 Å². The molecule has 3 aliphatic carbocycles. The van der Waals surface area contributed by atoms with Crippen molar-refractivity contribution in [3.63, 3.8) is 0 Å². The molecule has 4 aliphatic heterocycles. The van der Waals surface area contributed by atoms with Crippen molar-refractivity contribution < 1.29 is 51.5 Å². The van der Waals surface area contributed by atoms with Crippen LogP contribution in [0.3, 0.4) is 0 Å². The van der Waals surface area contributed by atoms with E-state index in [9.17, 15) is 42.0 Å². The smallest absolute Gasteiger partial charge is 0.249 e. The summed E-state index contributed by atoms with van der Waals surface area (Å²) >= 11 is 1.67. The number of imide groups is 2. The van der Waals surface area contributed by atoms with Gasteiger partial charge in [-0.3, -0.25) is 49.1 Å². The Morgan fingerprint density at radius 2 is 1.67 bits per heavy atom. The molecule has 0 spiro atoms. The minimum atomic E-state index is -3.42. The first-order valence-electron chi connectivity index (χ1n) is 23.3. The van der Waals surface area contributed by atoms with Crippen LogP contribution in [0.25, 0.3) is 0 Å². The highest BCUT2D eigenvalue weighted by atomic mass is 32.2. The summed E-state index contributed by atoms with van der Waals surface area (Å²) in [6.07, 6.45) is 13.6. The molecular weight excluding hydrogens is 855 g/mol. The summed E-state index contributed by atoms with van der Waals surface area (Å²) in [7, 11) is -3.42. The number of carbonyl (C=O) groups excluding carboxylic acids is 7. The van der Waals surface area contributed by atoms with E-state index >= 15 is 0 Å². The van der Waals surface area contributed by atoms with Crippen LogP contribution in [0.2, 0.25) is 0 Å². The summed E-state index contributed by atoms with van der Waals surface area (Å²) in [6.45, 7) is 1.61. The van der Waals surface area contributed by atoms with Crippen molar-refractivity contribution in [1.82, 2.24) is 35.8 Å². The molecule has 0 aromatic rings. The van der Waals surface area contributed by atoms with Crippen molar-refractivity contribution in [2.75, 3.05) is 51.5 Å². The molecule has 7 unspecified atom stereocenters. The number of piperidine rings is 1. The lowest BCUT2D eigenvalue weighted by atomic mass is 9.79. The molecule has 4 saturated heterocycles. The molecule has 7 fully saturated rings. The van der Waals surface area contributed by atoms with Gasteiger partial charge in [-0.15, -0.1) is 11.8 Å². The minimum absolute atomic E-state index is 0.000442. The lowest BCUT2D eigenvalue weighted by Gasteiger charge is -2.31. The summed E-state index contributed by atoms with van der Waals surface area (Å²) in [5.74, 6) is -2.20. The minimum Gasteiger partial charge on any atom is -0.378 e. The normalized spacial score (nSPS) is 32.6. The van der Waals surface area contributed by atoms with Gasteiger partial charge in [-0.2, -0.15) is 0 Å². The van der Waals surface area contributed by atoms with Gasteiger partial charge in [-0.1, -0.05) is 25.7 Å². The molecule has 8 atom stereocenters. The number of nitrogens with zero attached hydrogens (tertiary/aromatic N) is 2. The van der Waals surface area contributed by atoms with Gasteiger partial charge < -0.3 is 25.4 Å². The van der Waals surface area contributed by atoms with Crippen LogP contribution in [0.5, 0.6) is 0 Å². The Morgan fingerprint density at radius 1 is 0.905 bits per heavy atom. The second kappa shape index (κ2) is 21.9. The summed E-state index contributed by atoms with van der Waals surface area (Å²) in [6, 6.07) is -1.56. The fourth-order valence-electron chi connectivity index (χ4n) is 10.7. The molecule has 352 valence electrons. The first-order chi connectivity index (χ1) is 30.2. The van der Waals surface area contributed by atoms with Gasteiger partial charge in [-0.25, -0.2) is 12.7 Å². The third-order valence-electron chi connectivity index (χ3n) is 14.4. The van der Waals surface area contributed by atoms with E-state index in [0.717, 1.165) is 42.6 Å². The number of nitrogens with one attached hydrogen (secondary N) is 5. The van der Waals surface area contributed by atoms with Crippen LogP contribution in [-0.2, 0) is 53.1 Å². The third-order valence-corrected chi connectivity index (χ3v) is 16.8. The van der Waals surface area contributed by atoms with Crippen LogP contribution in [-0.4, -0.2) is 140 Å². The summed E-state index contributed by atoms with van der Waals surface area (Å²) < 4.78 is 37.7. The van der Waals surface area contributed by atoms with Crippen LogP contribution in [0.15, 0.2) is 0 Å². The van der Waals surface area contributed by atoms with Crippen LogP contribution in [0.1, 0.15) is 109 Å². The maximum Gasteiger partial charge on any atom is 0.249 e. The van der Waals surface area contributed by atoms with Crippen molar-refractivity contribution in [2.45, 2.75) is 139 Å². The lowest BCUT2D eigenvalue weighted by molar-refractivity contribution is -0.152. The van der Waals surface area contributed by atoms with Crippen molar-refractivity contribution in [3.8, 4) is 0 Å². The highest BCUT2D eigenvalue weighted by Crippen LogP contribution is 2.41. The molecule has 3 saturated carbocycles. The van der Waals surface area contributed by atoms with Gasteiger partial charge in [0.2, 0.25) is 51.4 Å². The average molecular weight is 922 g/mol. The molecule has 5 N–H and O–H groups in total. The van der Waals surface area contributed by atoms with E-state index < -0.39 is 63.7 Å². The monoisotopic (exact) mass is 921 g/mol. The SMILES string of the molecule is CS(=O)(=O)N1CCC(C(=O)N[C@@H](COCC2CCC(CNC(=O)CCCOC3CCCC4C(=O)N(C5CCC(=O)NC5=O)C(=O)C34)CC2)C(=O)NC2NC(C3CCCCC3)CS2)C1. The van der Waals surface area contributed by atoms with E-state index in [1.807, 2.05) is 0 Å². The Hall–Kier alpha value is -3.17. The Kier molecular flexibility index (Phi) is 16.6. The van der Waals surface area contributed by atoms with E-state index in [1.165, 1.54) is 36.4 Å². The average Bonchev–Trinajstić information content (AvgIpc) is 4.02. The number of sulfonamides is 1. The van der Waals surface area contributed by atoms with E-state index in [1.54, 1.807) is 11.8 Å². The zero-order chi connectivity index (χ0) is 44.7. The Morgan fingerprint density at radius 3 is 2.40 bits per heavy atom. The molecule has 7 rings (SSSR count). The molecule has 0 aromatic carbocycles.